The summed E-state index contributed by atoms with van der Waals surface area (Å²) in [6.45, 7) is 8.00. The van der Waals surface area contributed by atoms with Gasteiger partial charge in [0.15, 0.2) is 0 Å². The quantitative estimate of drug-likeness (QED) is 0.770. The standard InChI is InChI=1S/C15H31NO/c1-11(10-17-5)8-15(16-4)14-7-6-12(2)13(3)9-14/h11-16H,6-10H2,1-5H3. The van der Waals surface area contributed by atoms with Gasteiger partial charge in [-0.25, -0.2) is 0 Å². The summed E-state index contributed by atoms with van der Waals surface area (Å²) >= 11 is 0. The van der Waals surface area contributed by atoms with E-state index in [-0.39, 0.29) is 0 Å². The molecule has 0 aliphatic heterocycles. The van der Waals surface area contributed by atoms with Crippen molar-refractivity contribution in [2.75, 3.05) is 20.8 Å². The van der Waals surface area contributed by atoms with Crippen LogP contribution in [0, 0.1) is 23.7 Å². The highest BCUT2D eigenvalue weighted by Crippen LogP contribution is 2.36. The van der Waals surface area contributed by atoms with Gasteiger partial charge in [-0.2, -0.15) is 0 Å². The van der Waals surface area contributed by atoms with Gasteiger partial charge in [0.05, 0.1) is 0 Å². The number of hydrogen-bond donors (Lipinski definition) is 1. The zero-order valence-electron chi connectivity index (χ0n) is 12.3. The minimum atomic E-state index is 0.659. The van der Waals surface area contributed by atoms with Gasteiger partial charge in [-0.15, -0.1) is 0 Å². The highest BCUT2D eigenvalue weighted by molar-refractivity contribution is 4.84. The second kappa shape index (κ2) is 7.38. The van der Waals surface area contributed by atoms with Crippen LogP contribution < -0.4 is 5.32 Å². The fourth-order valence-corrected chi connectivity index (χ4v) is 3.29. The molecule has 0 bridgehead atoms. The van der Waals surface area contributed by atoms with Crippen molar-refractivity contribution in [3.05, 3.63) is 0 Å². The van der Waals surface area contributed by atoms with E-state index in [2.05, 4.69) is 33.1 Å². The van der Waals surface area contributed by atoms with Crippen LogP contribution in [0.15, 0.2) is 0 Å². The van der Waals surface area contributed by atoms with Gasteiger partial charge in [0.25, 0.3) is 0 Å². The third-order valence-electron chi connectivity index (χ3n) is 4.69. The average molecular weight is 241 g/mol. The zero-order chi connectivity index (χ0) is 12.8. The summed E-state index contributed by atoms with van der Waals surface area (Å²) in [5, 5.41) is 3.54. The van der Waals surface area contributed by atoms with Crippen LogP contribution in [0.2, 0.25) is 0 Å². The third-order valence-corrected chi connectivity index (χ3v) is 4.69. The van der Waals surface area contributed by atoms with Gasteiger partial charge in [0, 0.05) is 19.8 Å². The number of ether oxygens (including phenoxy) is 1. The Morgan fingerprint density at radius 1 is 1.24 bits per heavy atom. The molecule has 0 aromatic rings. The number of nitrogens with one attached hydrogen (secondary N) is 1. The molecule has 17 heavy (non-hydrogen) atoms. The maximum atomic E-state index is 5.25. The van der Waals surface area contributed by atoms with Crippen molar-refractivity contribution in [2.45, 2.75) is 52.5 Å². The second-order valence-corrected chi connectivity index (χ2v) is 6.22. The molecule has 1 N–H and O–H groups in total. The minimum absolute atomic E-state index is 0.659. The lowest BCUT2D eigenvalue weighted by Crippen LogP contribution is -2.39. The molecular formula is C15H31NO. The molecule has 0 heterocycles. The van der Waals surface area contributed by atoms with E-state index in [1.165, 1.54) is 25.7 Å². The molecule has 0 radical (unpaired) electrons. The first kappa shape index (κ1) is 15.0. The fraction of sp³-hybridized carbons (Fsp3) is 1.00. The Kier molecular flexibility index (Phi) is 6.50. The molecule has 0 spiro atoms. The Bertz CT molecular complexity index is 207. The van der Waals surface area contributed by atoms with E-state index in [0.717, 1.165) is 24.4 Å². The number of hydrogen-bond acceptors (Lipinski definition) is 2. The van der Waals surface area contributed by atoms with Crippen LogP contribution in [0.1, 0.15) is 46.5 Å². The van der Waals surface area contributed by atoms with E-state index < -0.39 is 0 Å². The second-order valence-electron chi connectivity index (χ2n) is 6.22. The normalized spacial score (nSPS) is 33.4. The Morgan fingerprint density at radius 2 is 1.94 bits per heavy atom. The van der Waals surface area contributed by atoms with Crippen LogP contribution in [-0.4, -0.2) is 26.8 Å². The van der Waals surface area contributed by atoms with E-state index in [1.54, 1.807) is 7.11 Å². The average Bonchev–Trinajstić information content (AvgIpc) is 2.30. The van der Waals surface area contributed by atoms with Gasteiger partial charge >= 0.3 is 0 Å². The van der Waals surface area contributed by atoms with Crippen LogP contribution in [-0.2, 0) is 4.74 Å². The van der Waals surface area contributed by atoms with E-state index >= 15 is 0 Å². The molecule has 1 aliphatic carbocycles. The van der Waals surface area contributed by atoms with Crippen molar-refractivity contribution < 1.29 is 4.74 Å². The molecule has 0 aromatic heterocycles. The van der Waals surface area contributed by atoms with Crippen LogP contribution >= 0.6 is 0 Å². The summed E-state index contributed by atoms with van der Waals surface area (Å²) in [6.07, 6.45) is 5.45. The summed E-state index contributed by atoms with van der Waals surface area (Å²) in [4.78, 5) is 0. The molecule has 5 atom stereocenters. The Morgan fingerprint density at radius 3 is 2.47 bits per heavy atom. The lowest BCUT2D eigenvalue weighted by atomic mass is 9.72. The molecule has 0 saturated heterocycles. The Hall–Kier alpha value is -0.0800. The molecule has 5 unspecified atom stereocenters. The third kappa shape index (κ3) is 4.59. The first-order valence-electron chi connectivity index (χ1n) is 7.24. The molecule has 102 valence electrons. The largest absolute Gasteiger partial charge is 0.384 e. The highest BCUT2D eigenvalue weighted by atomic mass is 16.5. The van der Waals surface area contributed by atoms with Gasteiger partial charge in [0.2, 0.25) is 0 Å². The lowest BCUT2D eigenvalue weighted by Gasteiger charge is -2.37. The van der Waals surface area contributed by atoms with E-state index in [4.69, 9.17) is 4.74 Å². The predicted octanol–water partition coefficient (Wildman–Crippen LogP) is 3.32. The molecule has 0 aromatic carbocycles. The summed E-state index contributed by atoms with van der Waals surface area (Å²) in [5.74, 6) is 3.33. The Labute approximate surface area is 108 Å². The SMILES string of the molecule is CNC(CC(C)COC)C1CCC(C)C(C)C1. The molecule has 0 amide bonds. The summed E-state index contributed by atoms with van der Waals surface area (Å²) in [6, 6.07) is 0.676. The number of rotatable bonds is 6. The van der Waals surface area contributed by atoms with Crippen molar-refractivity contribution in [1.29, 1.82) is 0 Å². The van der Waals surface area contributed by atoms with Crippen LogP contribution in [0.4, 0.5) is 0 Å². The van der Waals surface area contributed by atoms with Gasteiger partial charge < -0.3 is 10.1 Å². The minimum Gasteiger partial charge on any atom is -0.384 e. The van der Waals surface area contributed by atoms with Gasteiger partial charge in [0.1, 0.15) is 0 Å². The van der Waals surface area contributed by atoms with E-state index in [9.17, 15) is 0 Å². The first-order chi connectivity index (χ1) is 8.08. The Balaban J connectivity index is 2.44. The predicted molar refractivity (Wildman–Crippen MR) is 74.2 cm³/mol. The molecular weight excluding hydrogens is 210 g/mol. The number of methoxy groups -OCH3 is 1. The zero-order valence-corrected chi connectivity index (χ0v) is 12.3. The van der Waals surface area contributed by atoms with Gasteiger partial charge in [-0.3, -0.25) is 0 Å². The molecule has 2 heteroatoms. The summed E-state index contributed by atoms with van der Waals surface area (Å²) in [5.41, 5.74) is 0. The summed E-state index contributed by atoms with van der Waals surface area (Å²) < 4.78 is 5.25. The van der Waals surface area contributed by atoms with Crippen molar-refractivity contribution >= 4 is 0 Å². The van der Waals surface area contributed by atoms with Crippen molar-refractivity contribution in [1.82, 2.24) is 5.32 Å². The van der Waals surface area contributed by atoms with E-state index in [1.807, 2.05) is 0 Å². The topological polar surface area (TPSA) is 21.3 Å². The first-order valence-corrected chi connectivity index (χ1v) is 7.24. The molecule has 1 fully saturated rings. The van der Waals surface area contributed by atoms with Gasteiger partial charge in [-0.05, 0) is 50.0 Å². The highest BCUT2D eigenvalue weighted by Gasteiger charge is 2.30. The maximum absolute atomic E-state index is 5.25. The smallest absolute Gasteiger partial charge is 0.0488 e. The van der Waals surface area contributed by atoms with Crippen LogP contribution in [0.25, 0.3) is 0 Å². The molecule has 1 saturated carbocycles. The van der Waals surface area contributed by atoms with Crippen molar-refractivity contribution in [3.8, 4) is 0 Å². The lowest BCUT2D eigenvalue weighted by molar-refractivity contribution is 0.124. The van der Waals surface area contributed by atoms with E-state index in [0.29, 0.717) is 12.0 Å². The maximum Gasteiger partial charge on any atom is 0.0488 e. The van der Waals surface area contributed by atoms with Crippen LogP contribution in [0.5, 0.6) is 0 Å². The molecule has 1 aliphatic rings. The monoisotopic (exact) mass is 241 g/mol. The van der Waals surface area contributed by atoms with Crippen molar-refractivity contribution in [3.63, 3.8) is 0 Å². The molecule has 2 nitrogen and oxygen atoms in total. The van der Waals surface area contributed by atoms with Crippen LogP contribution in [0.3, 0.4) is 0 Å². The van der Waals surface area contributed by atoms with Crippen molar-refractivity contribution in [2.24, 2.45) is 23.7 Å². The van der Waals surface area contributed by atoms with Gasteiger partial charge in [-0.1, -0.05) is 27.2 Å². The fourth-order valence-electron chi connectivity index (χ4n) is 3.29. The molecule has 1 rings (SSSR count). The summed E-state index contributed by atoms with van der Waals surface area (Å²) in [7, 11) is 3.92.